The molecule has 2 aromatic carbocycles. The maximum Gasteiger partial charge on any atom is 0.279 e. The molecular weight excluding hydrogens is 484 g/mol. The molecule has 1 fully saturated rings. The van der Waals surface area contributed by atoms with Crippen LogP contribution in [0, 0.1) is 0 Å². The molecule has 1 N–H and O–H groups in total. The van der Waals surface area contributed by atoms with Crippen LogP contribution in [0.1, 0.15) is 56.8 Å². The molecule has 0 aliphatic carbocycles. The first-order valence-electron chi connectivity index (χ1n) is 11.9. The fraction of sp³-hybridized carbons (Fsp3) is 0.400. The summed E-state index contributed by atoms with van der Waals surface area (Å²) < 4.78 is 30.8. The predicted molar refractivity (Wildman–Crippen MR) is 138 cm³/mol. The van der Waals surface area contributed by atoms with E-state index in [1.807, 2.05) is 36.6 Å². The van der Waals surface area contributed by atoms with Gasteiger partial charge < -0.3 is 9.88 Å². The third kappa shape index (κ3) is 5.24. The first-order valence-corrected chi connectivity index (χ1v) is 14.1. The third-order valence-corrected chi connectivity index (χ3v) is 9.28. The summed E-state index contributed by atoms with van der Waals surface area (Å²) in [6.45, 7) is 6.59. The van der Waals surface area contributed by atoms with Gasteiger partial charge in [0.1, 0.15) is 0 Å². The lowest BCUT2D eigenvalue weighted by atomic mass is 10.0. The highest BCUT2D eigenvalue weighted by molar-refractivity contribution is 7.89. The van der Waals surface area contributed by atoms with Crippen LogP contribution in [0.25, 0.3) is 10.2 Å². The molecule has 0 saturated carbocycles. The summed E-state index contributed by atoms with van der Waals surface area (Å²) in [6.07, 6.45) is 3.57. The number of carbonyl (C=O) groups excluding carboxylic acids is 2. The molecule has 1 aliphatic heterocycles. The molecule has 0 spiro atoms. The van der Waals surface area contributed by atoms with Crippen LogP contribution >= 0.6 is 11.3 Å². The standard InChI is InChI=1S/C25H30N4O4S2/c1-4-20-8-6-7-15-29(20)35(32,33)21-12-9-18(10-13-21)24(31)27-25-28(5-2)22-14-11-19(26-17(3)30)16-23(22)34-25/h9-14,16,20H,4-8,15H2,1-3H3,(H,26,30). The molecule has 0 radical (unpaired) electrons. The van der Waals surface area contributed by atoms with Crippen LogP contribution in [0.15, 0.2) is 52.4 Å². The van der Waals surface area contributed by atoms with Crippen molar-refractivity contribution < 1.29 is 18.0 Å². The Kier molecular flexibility index (Phi) is 7.53. The molecule has 2 heterocycles. The minimum atomic E-state index is -3.61. The number of thiazole rings is 1. The molecule has 2 amide bonds. The zero-order chi connectivity index (χ0) is 25.2. The van der Waals surface area contributed by atoms with E-state index in [-0.39, 0.29) is 16.8 Å². The average Bonchev–Trinajstić information content (AvgIpc) is 3.19. The summed E-state index contributed by atoms with van der Waals surface area (Å²) in [7, 11) is -3.61. The molecule has 0 bridgehead atoms. The van der Waals surface area contributed by atoms with E-state index in [9.17, 15) is 18.0 Å². The predicted octanol–water partition coefficient (Wildman–Crippen LogP) is 4.38. The molecular formula is C25H30N4O4S2. The Balaban J connectivity index is 1.62. The van der Waals surface area contributed by atoms with Crippen molar-refractivity contribution in [3.8, 4) is 0 Å². The van der Waals surface area contributed by atoms with E-state index < -0.39 is 15.9 Å². The summed E-state index contributed by atoms with van der Waals surface area (Å²) in [5, 5.41) is 2.77. The summed E-state index contributed by atoms with van der Waals surface area (Å²) in [5.74, 6) is -0.588. The number of anilines is 1. The van der Waals surface area contributed by atoms with E-state index in [0.29, 0.717) is 29.1 Å². The van der Waals surface area contributed by atoms with Gasteiger partial charge in [0.2, 0.25) is 15.9 Å². The van der Waals surface area contributed by atoms with Gasteiger partial charge in [0, 0.05) is 37.3 Å². The summed E-state index contributed by atoms with van der Waals surface area (Å²) in [5.41, 5.74) is 1.93. The van der Waals surface area contributed by atoms with Crippen molar-refractivity contribution >= 4 is 49.1 Å². The highest BCUT2D eigenvalue weighted by Crippen LogP contribution is 2.27. The van der Waals surface area contributed by atoms with Crippen molar-refractivity contribution in [2.45, 2.75) is 63.9 Å². The largest absolute Gasteiger partial charge is 0.326 e. The molecule has 1 saturated heterocycles. The molecule has 4 rings (SSSR count). The number of carbonyl (C=O) groups is 2. The molecule has 10 heteroatoms. The van der Waals surface area contributed by atoms with Crippen molar-refractivity contribution in [3.05, 3.63) is 52.8 Å². The van der Waals surface area contributed by atoms with Gasteiger partial charge in [-0.15, -0.1) is 0 Å². The molecule has 35 heavy (non-hydrogen) atoms. The number of piperidine rings is 1. The lowest BCUT2D eigenvalue weighted by Crippen LogP contribution is -2.43. The van der Waals surface area contributed by atoms with Crippen LogP contribution in [0.5, 0.6) is 0 Å². The number of aryl methyl sites for hydroxylation is 1. The van der Waals surface area contributed by atoms with E-state index in [4.69, 9.17) is 0 Å². The SMILES string of the molecule is CCC1CCCCN1S(=O)(=O)c1ccc(C(=O)N=c2sc3cc(NC(C)=O)ccc3n2CC)cc1. The fourth-order valence-corrected chi connectivity index (χ4v) is 7.40. The number of hydrogen-bond acceptors (Lipinski definition) is 5. The number of hydrogen-bond donors (Lipinski definition) is 1. The van der Waals surface area contributed by atoms with Crippen LogP contribution < -0.4 is 10.1 Å². The molecule has 1 atom stereocenters. The van der Waals surface area contributed by atoms with Crippen molar-refractivity contribution in [3.63, 3.8) is 0 Å². The second kappa shape index (κ2) is 10.4. The Morgan fingerprint density at radius 3 is 2.51 bits per heavy atom. The maximum atomic E-state index is 13.2. The highest BCUT2D eigenvalue weighted by Gasteiger charge is 2.32. The van der Waals surface area contributed by atoms with Crippen LogP contribution in [0.3, 0.4) is 0 Å². The number of aromatic nitrogens is 1. The number of amides is 2. The average molecular weight is 515 g/mol. The minimum Gasteiger partial charge on any atom is -0.326 e. The van der Waals surface area contributed by atoms with Gasteiger partial charge in [-0.3, -0.25) is 9.59 Å². The van der Waals surface area contributed by atoms with Gasteiger partial charge in [-0.05, 0) is 68.7 Å². The highest BCUT2D eigenvalue weighted by atomic mass is 32.2. The lowest BCUT2D eigenvalue weighted by Gasteiger charge is -2.34. The number of nitrogens with zero attached hydrogens (tertiary/aromatic N) is 3. The summed E-state index contributed by atoms with van der Waals surface area (Å²) in [6, 6.07) is 11.7. The van der Waals surface area contributed by atoms with Crippen LogP contribution in [0.4, 0.5) is 5.69 Å². The van der Waals surface area contributed by atoms with Crippen LogP contribution in [-0.2, 0) is 21.4 Å². The van der Waals surface area contributed by atoms with Crippen LogP contribution in [-0.4, -0.2) is 41.7 Å². The second-order valence-corrected chi connectivity index (χ2v) is 11.5. The van der Waals surface area contributed by atoms with Crippen molar-refractivity contribution in [2.24, 2.45) is 4.99 Å². The minimum absolute atomic E-state index is 0.0219. The Bertz CT molecular complexity index is 1420. The lowest BCUT2D eigenvalue weighted by molar-refractivity contribution is -0.114. The van der Waals surface area contributed by atoms with Gasteiger partial charge in [0.15, 0.2) is 4.80 Å². The van der Waals surface area contributed by atoms with E-state index in [0.717, 1.165) is 35.9 Å². The molecule has 8 nitrogen and oxygen atoms in total. The Labute approximate surface area is 209 Å². The van der Waals surface area contributed by atoms with Gasteiger partial charge in [0.05, 0.1) is 15.1 Å². The number of sulfonamides is 1. The zero-order valence-corrected chi connectivity index (χ0v) is 21.8. The first kappa shape index (κ1) is 25.3. The normalized spacial score (nSPS) is 17.6. The van der Waals surface area contributed by atoms with Crippen molar-refractivity contribution in [1.29, 1.82) is 0 Å². The monoisotopic (exact) mass is 514 g/mol. The molecule has 1 aromatic heterocycles. The number of fused-ring (bicyclic) bond motifs is 1. The topological polar surface area (TPSA) is 101 Å². The second-order valence-electron chi connectivity index (χ2n) is 8.61. The zero-order valence-electron chi connectivity index (χ0n) is 20.2. The van der Waals surface area contributed by atoms with Gasteiger partial charge in [-0.25, -0.2) is 8.42 Å². The number of nitrogens with one attached hydrogen (secondary N) is 1. The van der Waals surface area contributed by atoms with Crippen molar-refractivity contribution in [1.82, 2.24) is 8.87 Å². The van der Waals surface area contributed by atoms with E-state index >= 15 is 0 Å². The summed E-state index contributed by atoms with van der Waals surface area (Å²) in [4.78, 5) is 29.4. The molecule has 1 unspecified atom stereocenters. The van der Waals surface area contributed by atoms with Gasteiger partial charge in [-0.1, -0.05) is 24.7 Å². The fourth-order valence-electron chi connectivity index (χ4n) is 4.50. The van der Waals surface area contributed by atoms with Gasteiger partial charge in [-0.2, -0.15) is 9.30 Å². The Morgan fingerprint density at radius 1 is 1.11 bits per heavy atom. The van der Waals surface area contributed by atoms with E-state index in [1.165, 1.54) is 42.5 Å². The number of rotatable bonds is 6. The molecule has 1 aliphatic rings. The number of benzene rings is 2. The van der Waals surface area contributed by atoms with Crippen molar-refractivity contribution in [2.75, 3.05) is 11.9 Å². The van der Waals surface area contributed by atoms with Gasteiger partial charge in [0.25, 0.3) is 5.91 Å². The Hall–Kier alpha value is -2.82. The first-order chi connectivity index (χ1) is 16.7. The molecule has 186 valence electrons. The van der Waals surface area contributed by atoms with Crippen LogP contribution in [0.2, 0.25) is 0 Å². The Morgan fingerprint density at radius 2 is 1.86 bits per heavy atom. The maximum absolute atomic E-state index is 13.2. The smallest absolute Gasteiger partial charge is 0.279 e. The van der Waals surface area contributed by atoms with Gasteiger partial charge >= 0.3 is 0 Å². The summed E-state index contributed by atoms with van der Waals surface area (Å²) >= 11 is 1.36. The van der Waals surface area contributed by atoms with E-state index in [2.05, 4.69) is 10.3 Å². The van der Waals surface area contributed by atoms with E-state index in [1.54, 1.807) is 4.31 Å². The quantitative estimate of drug-likeness (QED) is 0.528. The third-order valence-electron chi connectivity index (χ3n) is 6.27. The molecule has 3 aromatic rings.